The van der Waals surface area contributed by atoms with E-state index in [2.05, 4.69) is 4.98 Å². The van der Waals surface area contributed by atoms with Crippen LogP contribution in [0.2, 0.25) is 0 Å². The number of hydrogen-bond acceptors (Lipinski definition) is 4. The highest BCUT2D eigenvalue weighted by atomic mass is 32.2. The Morgan fingerprint density at radius 2 is 2.29 bits per heavy atom. The van der Waals surface area contributed by atoms with Crippen molar-refractivity contribution >= 4 is 17.7 Å². The Balaban J connectivity index is 2.50. The summed E-state index contributed by atoms with van der Waals surface area (Å²) in [6, 6.07) is 0. The van der Waals surface area contributed by atoms with E-state index in [9.17, 15) is 4.79 Å². The molecule has 4 nitrogen and oxygen atoms in total. The van der Waals surface area contributed by atoms with E-state index in [1.165, 1.54) is 11.8 Å². The number of rotatable bonds is 4. The van der Waals surface area contributed by atoms with Crippen molar-refractivity contribution in [2.75, 3.05) is 5.75 Å². The lowest BCUT2D eigenvalue weighted by Crippen LogP contribution is -2.11. The molecule has 1 unspecified atom stereocenters. The third-order valence-electron chi connectivity index (χ3n) is 1.89. The van der Waals surface area contributed by atoms with Crippen LogP contribution in [0.1, 0.15) is 18.4 Å². The second kappa shape index (κ2) is 4.50. The van der Waals surface area contributed by atoms with Gasteiger partial charge in [0.2, 0.25) is 0 Å². The Labute approximate surface area is 86.7 Å². The van der Waals surface area contributed by atoms with Gasteiger partial charge in [-0.15, -0.1) is 0 Å². The van der Waals surface area contributed by atoms with Crippen LogP contribution in [0.3, 0.4) is 0 Å². The molecule has 0 radical (unpaired) electrons. The molecule has 1 atom stereocenters. The zero-order valence-corrected chi connectivity index (χ0v) is 9.22. The molecule has 1 N–H and O–H groups in total. The minimum atomic E-state index is -0.794. The summed E-state index contributed by atoms with van der Waals surface area (Å²) in [7, 11) is 0. The Morgan fingerprint density at radius 1 is 1.64 bits per heavy atom. The normalized spacial score (nSPS) is 12.8. The summed E-state index contributed by atoms with van der Waals surface area (Å²) in [5, 5.41) is 9.20. The SMILES string of the molecule is Cc1nc(SCC(C)C(=O)O)oc1C. The summed E-state index contributed by atoms with van der Waals surface area (Å²) in [5.74, 6) is 0.0924. The fourth-order valence-corrected chi connectivity index (χ4v) is 1.69. The van der Waals surface area contributed by atoms with Crippen LogP contribution in [0.15, 0.2) is 9.64 Å². The van der Waals surface area contributed by atoms with Crippen molar-refractivity contribution in [2.45, 2.75) is 26.0 Å². The second-order valence-electron chi connectivity index (χ2n) is 3.17. The van der Waals surface area contributed by atoms with E-state index < -0.39 is 5.97 Å². The van der Waals surface area contributed by atoms with Crippen molar-refractivity contribution in [3.05, 3.63) is 11.5 Å². The third-order valence-corrected chi connectivity index (χ3v) is 2.98. The minimum Gasteiger partial charge on any atom is -0.481 e. The molecule has 0 aromatic carbocycles. The lowest BCUT2D eigenvalue weighted by molar-refractivity contribution is -0.140. The van der Waals surface area contributed by atoms with Crippen molar-refractivity contribution in [2.24, 2.45) is 5.92 Å². The molecule has 5 heteroatoms. The lowest BCUT2D eigenvalue weighted by Gasteiger charge is -2.01. The fourth-order valence-electron chi connectivity index (χ4n) is 0.773. The van der Waals surface area contributed by atoms with Gasteiger partial charge in [-0.25, -0.2) is 4.98 Å². The van der Waals surface area contributed by atoms with Crippen molar-refractivity contribution in [3.63, 3.8) is 0 Å². The first-order chi connectivity index (χ1) is 6.50. The molecule has 0 saturated carbocycles. The van der Waals surface area contributed by atoms with E-state index in [1.807, 2.05) is 13.8 Å². The number of aryl methyl sites for hydroxylation is 2. The summed E-state index contributed by atoms with van der Waals surface area (Å²) in [5.41, 5.74) is 0.857. The predicted molar refractivity (Wildman–Crippen MR) is 53.5 cm³/mol. The smallest absolute Gasteiger partial charge is 0.307 e. The van der Waals surface area contributed by atoms with Crippen LogP contribution < -0.4 is 0 Å². The number of oxazole rings is 1. The number of aliphatic carboxylic acids is 1. The highest BCUT2D eigenvalue weighted by Crippen LogP contribution is 2.22. The van der Waals surface area contributed by atoms with Gasteiger partial charge >= 0.3 is 5.97 Å². The first kappa shape index (κ1) is 11.1. The van der Waals surface area contributed by atoms with Crippen molar-refractivity contribution < 1.29 is 14.3 Å². The van der Waals surface area contributed by atoms with Crippen LogP contribution >= 0.6 is 11.8 Å². The standard InChI is InChI=1S/C9H13NO3S/c1-5(8(11)12)4-14-9-10-6(2)7(3)13-9/h5H,4H2,1-3H3,(H,11,12). The van der Waals surface area contributed by atoms with E-state index in [0.717, 1.165) is 11.5 Å². The zero-order chi connectivity index (χ0) is 10.7. The number of hydrogen-bond donors (Lipinski definition) is 1. The third kappa shape index (κ3) is 2.77. The van der Waals surface area contributed by atoms with Gasteiger partial charge in [0.05, 0.1) is 11.6 Å². The topological polar surface area (TPSA) is 63.3 Å². The van der Waals surface area contributed by atoms with Crippen molar-refractivity contribution in [1.82, 2.24) is 4.98 Å². The van der Waals surface area contributed by atoms with Crippen molar-refractivity contribution in [3.8, 4) is 0 Å². The highest BCUT2D eigenvalue weighted by Gasteiger charge is 2.13. The lowest BCUT2D eigenvalue weighted by atomic mass is 10.2. The first-order valence-corrected chi connectivity index (χ1v) is 5.29. The molecule has 1 aromatic heterocycles. The van der Waals surface area contributed by atoms with Gasteiger partial charge in [-0.1, -0.05) is 18.7 Å². The van der Waals surface area contributed by atoms with Crippen LogP contribution in [0.4, 0.5) is 0 Å². The molecule has 0 aliphatic heterocycles. The first-order valence-electron chi connectivity index (χ1n) is 4.30. The van der Waals surface area contributed by atoms with Crippen molar-refractivity contribution in [1.29, 1.82) is 0 Å². The van der Waals surface area contributed by atoms with Crippen LogP contribution in [0.5, 0.6) is 0 Å². The van der Waals surface area contributed by atoms with E-state index in [1.54, 1.807) is 6.92 Å². The molecule has 0 fully saturated rings. The molecule has 1 heterocycles. The quantitative estimate of drug-likeness (QED) is 0.779. The fraction of sp³-hybridized carbons (Fsp3) is 0.556. The molecule has 0 amide bonds. The Morgan fingerprint density at radius 3 is 2.71 bits per heavy atom. The molecular weight excluding hydrogens is 202 g/mol. The van der Waals surface area contributed by atoms with E-state index in [0.29, 0.717) is 11.0 Å². The van der Waals surface area contributed by atoms with E-state index in [4.69, 9.17) is 9.52 Å². The van der Waals surface area contributed by atoms with Crippen LogP contribution in [0.25, 0.3) is 0 Å². The Kier molecular flexibility index (Phi) is 3.57. The minimum absolute atomic E-state index is 0.382. The molecule has 0 saturated heterocycles. The number of carboxylic acids is 1. The highest BCUT2D eigenvalue weighted by molar-refractivity contribution is 7.99. The van der Waals surface area contributed by atoms with Gasteiger partial charge in [-0.05, 0) is 13.8 Å². The Hall–Kier alpha value is -0.970. The molecule has 78 valence electrons. The predicted octanol–water partition coefficient (Wildman–Crippen LogP) is 2.10. The summed E-state index contributed by atoms with van der Waals surface area (Å²) < 4.78 is 5.30. The maximum absolute atomic E-state index is 10.5. The van der Waals surface area contributed by atoms with Gasteiger partial charge in [0.1, 0.15) is 5.76 Å². The summed E-state index contributed by atoms with van der Waals surface area (Å²) in [6.45, 7) is 5.37. The average Bonchev–Trinajstić information content (AvgIpc) is 2.42. The molecule has 1 rings (SSSR count). The van der Waals surface area contributed by atoms with Gasteiger partial charge in [0.25, 0.3) is 5.22 Å². The molecule has 14 heavy (non-hydrogen) atoms. The second-order valence-corrected chi connectivity index (χ2v) is 4.14. The molecule has 0 spiro atoms. The van der Waals surface area contributed by atoms with Crippen LogP contribution in [-0.2, 0) is 4.79 Å². The molecule has 0 aliphatic rings. The van der Waals surface area contributed by atoms with Gasteiger partial charge < -0.3 is 9.52 Å². The van der Waals surface area contributed by atoms with E-state index >= 15 is 0 Å². The zero-order valence-electron chi connectivity index (χ0n) is 8.40. The van der Waals surface area contributed by atoms with Crippen LogP contribution in [-0.4, -0.2) is 21.8 Å². The average molecular weight is 215 g/mol. The largest absolute Gasteiger partial charge is 0.481 e. The molecule has 1 aromatic rings. The maximum atomic E-state index is 10.5. The number of thioether (sulfide) groups is 1. The van der Waals surface area contributed by atoms with Gasteiger partial charge in [-0.3, -0.25) is 4.79 Å². The monoisotopic (exact) mass is 215 g/mol. The molecular formula is C9H13NO3S. The molecule has 0 aliphatic carbocycles. The van der Waals surface area contributed by atoms with Crippen LogP contribution in [0, 0.1) is 19.8 Å². The number of aromatic nitrogens is 1. The van der Waals surface area contributed by atoms with Gasteiger partial charge in [0.15, 0.2) is 0 Å². The van der Waals surface area contributed by atoms with E-state index in [-0.39, 0.29) is 5.92 Å². The summed E-state index contributed by atoms with van der Waals surface area (Å²) in [4.78, 5) is 14.7. The van der Waals surface area contributed by atoms with Gasteiger partial charge in [-0.2, -0.15) is 0 Å². The number of nitrogens with zero attached hydrogens (tertiary/aromatic N) is 1. The Bertz CT molecular complexity index is 315. The number of carboxylic acid groups (broad SMARTS) is 1. The molecule has 0 bridgehead atoms. The summed E-state index contributed by atoms with van der Waals surface area (Å²) >= 11 is 1.33. The number of carbonyl (C=O) groups is 1. The summed E-state index contributed by atoms with van der Waals surface area (Å²) in [6.07, 6.45) is 0. The van der Waals surface area contributed by atoms with Gasteiger partial charge in [0, 0.05) is 5.75 Å². The maximum Gasteiger partial charge on any atom is 0.307 e.